The second-order valence-electron chi connectivity index (χ2n) is 3.65. The minimum absolute atomic E-state index is 0.483. The van der Waals surface area contributed by atoms with Crippen molar-refractivity contribution in [3.63, 3.8) is 0 Å². The van der Waals surface area contributed by atoms with Crippen molar-refractivity contribution in [2.75, 3.05) is 11.5 Å². The largest absolute Gasteiger partial charge is 0.399 e. The Bertz CT molecular complexity index is 588. The molecule has 0 spiro atoms. The van der Waals surface area contributed by atoms with E-state index in [1.807, 2.05) is 0 Å². The lowest BCUT2D eigenvalue weighted by molar-refractivity contribution is 1.14. The van der Waals surface area contributed by atoms with Crippen LogP contribution in [0.3, 0.4) is 0 Å². The highest BCUT2D eigenvalue weighted by Gasteiger charge is 1.97. The third-order valence-corrected chi connectivity index (χ3v) is 2.30. The van der Waals surface area contributed by atoms with Gasteiger partial charge in [-0.2, -0.15) is 10.2 Å². The van der Waals surface area contributed by atoms with Gasteiger partial charge in [0.15, 0.2) is 0 Å². The van der Waals surface area contributed by atoms with Gasteiger partial charge >= 0.3 is 0 Å². The summed E-state index contributed by atoms with van der Waals surface area (Å²) < 4.78 is 0. The zero-order chi connectivity index (χ0) is 13.0. The molecule has 0 atom stereocenters. The smallest absolute Gasteiger partial charge is 0.109 e. The van der Waals surface area contributed by atoms with Crippen LogP contribution in [0.2, 0.25) is 0 Å². The lowest BCUT2D eigenvalue weighted by Gasteiger charge is -2.00. The van der Waals surface area contributed by atoms with E-state index in [0.29, 0.717) is 28.4 Å². The number of nitrogens with two attached hydrogens (primary N) is 2. The number of anilines is 2. The first-order chi connectivity index (χ1) is 8.69. The number of benzene rings is 2. The van der Waals surface area contributed by atoms with E-state index < -0.39 is 0 Å². The van der Waals surface area contributed by atoms with Crippen molar-refractivity contribution in [2.45, 2.75) is 0 Å². The molecule has 0 unspecified atom stereocenters. The van der Waals surface area contributed by atoms with Crippen molar-refractivity contribution in [3.05, 3.63) is 42.5 Å². The predicted octanol–water partition coefficient (Wildman–Crippen LogP) is 3.93. The van der Waals surface area contributed by atoms with Crippen molar-refractivity contribution in [1.29, 1.82) is 5.53 Å². The molecule has 0 fully saturated rings. The van der Waals surface area contributed by atoms with Crippen LogP contribution in [0.5, 0.6) is 0 Å². The summed E-state index contributed by atoms with van der Waals surface area (Å²) in [7, 11) is 0. The van der Waals surface area contributed by atoms with E-state index in [1.165, 1.54) is 0 Å². The van der Waals surface area contributed by atoms with Gasteiger partial charge in [0.25, 0.3) is 0 Å². The number of nitrogen functional groups attached to an aromatic ring is 2. The Kier molecular flexibility index (Phi) is 3.29. The first-order valence-corrected chi connectivity index (χ1v) is 5.23. The Morgan fingerprint density at radius 3 is 2.11 bits per heavy atom. The normalized spacial score (nSPS) is 10.7. The molecule has 0 amide bonds. The summed E-state index contributed by atoms with van der Waals surface area (Å²) in [5.41, 5.74) is 21.1. The van der Waals surface area contributed by atoms with Gasteiger partial charge in [0.2, 0.25) is 0 Å². The minimum atomic E-state index is 0.483. The zero-order valence-corrected chi connectivity index (χ0v) is 9.54. The number of nitrogens with zero attached hydrogens (tertiary/aromatic N) is 3. The maximum absolute atomic E-state index is 6.84. The molecule has 2 aromatic rings. The molecule has 5 N–H and O–H groups in total. The highest BCUT2D eigenvalue weighted by atomic mass is 15.1. The van der Waals surface area contributed by atoms with Gasteiger partial charge in [0, 0.05) is 5.69 Å². The Morgan fingerprint density at radius 2 is 1.50 bits per heavy atom. The third kappa shape index (κ3) is 2.67. The van der Waals surface area contributed by atoms with Crippen LogP contribution < -0.4 is 11.5 Å². The lowest BCUT2D eigenvalue weighted by atomic mass is 10.2. The molecule has 2 aromatic carbocycles. The second-order valence-corrected chi connectivity index (χ2v) is 3.65. The van der Waals surface area contributed by atoms with Crippen LogP contribution in [-0.4, -0.2) is 0 Å². The molecule has 2 rings (SSSR count). The van der Waals surface area contributed by atoms with Gasteiger partial charge in [-0.15, -0.1) is 5.11 Å². The molecule has 0 aromatic heterocycles. The fourth-order valence-corrected chi connectivity index (χ4v) is 1.37. The summed E-state index contributed by atoms with van der Waals surface area (Å²) in [5.74, 6) is 0. The fraction of sp³-hybridized carbons (Fsp3) is 0. The molecule has 6 nitrogen and oxygen atoms in total. The van der Waals surface area contributed by atoms with Crippen molar-refractivity contribution in [1.82, 2.24) is 0 Å². The standard InChI is InChI=1S/C12H12N6/c13-8-1-6-12(11(14)7-8)18-17-10-4-2-9(16-15)3-5-10/h1-7,15H,13-14H2. The molecule has 0 aliphatic heterocycles. The van der Waals surface area contributed by atoms with Crippen LogP contribution in [0.15, 0.2) is 57.8 Å². The topological polar surface area (TPSA) is 113 Å². The Hall–Kier alpha value is -2.76. The van der Waals surface area contributed by atoms with Gasteiger partial charge < -0.3 is 11.5 Å². The van der Waals surface area contributed by atoms with E-state index in [1.54, 1.807) is 42.5 Å². The maximum atomic E-state index is 6.84. The summed E-state index contributed by atoms with van der Waals surface area (Å²) in [6, 6.07) is 11.9. The molecular weight excluding hydrogens is 228 g/mol. The Morgan fingerprint density at radius 1 is 0.833 bits per heavy atom. The van der Waals surface area contributed by atoms with Gasteiger partial charge in [0.1, 0.15) is 5.69 Å². The molecule has 6 heteroatoms. The highest BCUT2D eigenvalue weighted by Crippen LogP contribution is 2.26. The molecule has 0 saturated heterocycles. The molecule has 90 valence electrons. The summed E-state index contributed by atoms with van der Waals surface area (Å²) in [6.07, 6.45) is 0. The predicted molar refractivity (Wildman–Crippen MR) is 70.7 cm³/mol. The Balaban J connectivity index is 2.21. The molecular formula is C12H12N6. The van der Waals surface area contributed by atoms with E-state index in [-0.39, 0.29) is 0 Å². The molecule has 0 radical (unpaired) electrons. The molecule has 0 heterocycles. The fourth-order valence-electron chi connectivity index (χ4n) is 1.37. The van der Waals surface area contributed by atoms with Crippen LogP contribution >= 0.6 is 0 Å². The number of rotatable bonds is 3. The molecule has 0 bridgehead atoms. The first kappa shape index (κ1) is 11.7. The summed E-state index contributed by atoms with van der Waals surface area (Å²) >= 11 is 0. The second kappa shape index (κ2) is 5.05. The van der Waals surface area contributed by atoms with E-state index >= 15 is 0 Å². The van der Waals surface area contributed by atoms with Crippen LogP contribution in [0, 0.1) is 5.53 Å². The molecule has 0 saturated carbocycles. The monoisotopic (exact) mass is 240 g/mol. The van der Waals surface area contributed by atoms with Gasteiger partial charge in [-0.25, -0.2) is 5.53 Å². The van der Waals surface area contributed by atoms with Crippen LogP contribution in [-0.2, 0) is 0 Å². The quantitative estimate of drug-likeness (QED) is 0.557. The number of hydrogen-bond donors (Lipinski definition) is 3. The number of nitrogens with one attached hydrogen (secondary N) is 1. The molecule has 18 heavy (non-hydrogen) atoms. The number of hydrogen-bond acceptors (Lipinski definition) is 6. The van der Waals surface area contributed by atoms with Crippen molar-refractivity contribution in [2.24, 2.45) is 15.3 Å². The third-order valence-electron chi connectivity index (χ3n) is 2.30. The molecule has 0 aliphatic carbocycles. The average molecular weight is 240 g/mol. The first-order valence-electron chi connectivity index (χ1n) is 5.23. The van der Waals surface area contributed by atoms with Gasteiger partial charge in [0.05, 0.1) is 17.1 Å². The van der Waals surface area contributed by atoms with E-state index in [0.717, 1.165) is 0 Å². The minimum Gasteiger partial charge on any atom is -0.399 e. The summed E-state index contributed by atoms with van der Waals surface area (Å²) in [6.45, 7) is 0. The van der Waals surface area contributed by atoms with Crippen molar-refractivity contribution in [3.8, 4) is 0 Å². The van der Waals surface area contributed by atoms with E-state index in [4.69, 9.17) is 17.0 Å². The average Bonchev–Trinajstić information content (AvgIpc) is 2.38. The van der Waals surface area contributed by atoms with Crippen LogP contribution in [0.1, 0.15) is 0 Å². The van der Waals surface area contributed by atoms with Crippen molar-refractivity contribution >= 4 is 28.4 Å². The van der Waals surface area contributed by atoms with Crippen molar-refractivity contribution < 1.29 is 0 Å². The highest BCUT2D eigenvalue weighted by molar-refractivity contribution is 5.67. The van der Waals surface area contributed by atoms with Gasteiger partial charge in [-0.05, 0) is 42.5 Å². The molecule has 0 aliphatic rings. The number of azo groups is 1. The van der Waals surface area contributed by atoms with Crippen LogP contribution in [0.4, 0.5) is 28.4 Å². The van der Waals surface area contributed by atoms with Gasteiger partial charge in [-0.3, -0.25) is 0 Å². The van der Waals surface area contributed by atoms with Gasteiger partial charge in [-0.1, -0.05) is 0 Å². The maximum Gasteiger partial charge on any atom is 0.109 e. The lowest BCUT2D eigenvalue weighted by Crippen LogP contribution is -1.89. The van der Waals surface area contributed by atoms with E-state index in [9.17, 15) is 0 Å². The summed E-state index contributed by atoms with van der Waals surface area (Å²) in [5, 5.41) is 11.4. The zero-order valence-electron chi connectivity index (χ0n) is 9.54. The SMILES string of the molecule is N=Nc1ccc(N=Nc2ccc(N)cc2N)cc1. The van der Waals surface area contributed by atoms with Crippen LogP contribution in [0.25, 0.3) is 0 Å². The van der Waals surface area contributed by atoms with E-state index in [2.05, 4.69) is 15.3 Å². The Labute approximate surface area is 104 Å². The summed E-state index contributed by atoms with van der Waals surface area (Å²) in [4.78, 5) is 0.